The highest BCUT2D eigenvalue weighted by Crippen LogP contribution is 2.29. The van der Waals surface area contributed by atoms with Crippen LogP contribution in [-0.4, -0.2) is 34.6 Å². The van der Waals surface area contributed by atoms with Crippen molar-refractivity contribution in [2.75, 3.05) is 6.54 Å². The molecule has 0 bridgehead atoms. The van der Waals surface area contributed by atoms with Crippen LogP contribution in [0.4, 0.5) is 4.39 Å². The van der Waals surface area contributed by atoms with E-state index in [0.717, 1.165) is 12.8 Å². The fraction of sp³-hybridized carbons (Fsp3) is 0.533. The third kappa shape index (κ3) is 4.03. The average molecular weight is 265 g/mol. The van der Waals surface area contributed by atoms with Crippen molar-refractivity contribution in [2.24, 2.45) is 0 Å². The van der Waals surface area contributed by atoms with Crippen molar-refractivity contribution >= 4 is 5.97 Å². The molecule has 1 atom stereocenters. The van der Waals surface area contributed by atoms with E-state index in [9.17, 15) is 9.18 Å². The van der Waals surface area contributed by atoms with Gasteiger partial charge >= 0.3 is 5.97 Å². The molecule has 1 aromatic carbocycles. The number of rotatable bonds is 7. The summed E-state index contributed by atoms with van der Waals surface area (Å²) in [5.41, 5.74) is 0.705. The zero-order chi connectivity index (χ0) is 13.8. The summed E-state index contributed by atoms with van der Waals surface area (Å²) in [6.45, 7) is 2.60. The fourth-order valence-electron chi connectivity index (χ4n) is 2.49. The van der Waals surface area contributed by atoms with E-state index in [-0.39, 0.29) is 18.3 Å². The number of halogens is 1. The molecule has 1 fully saturated rings. The van der Waals surface area contributed by atoms with E-state index in [1.807, 2.05) is 13.0 Å². The summed E-state index contributed by atoms with van der Waals surface area (Å²) in [7, 11) is 0. The van der Waals surface area contributed by atoms with Crippen LogP contribution >= 0.6 is 0 Å². The van der Waals surface area contributed by atoms with Crippen molar-refractivity contribution in [1.82, 2.24) is 4.90 Å². The predicted molar refractivity (Wildman–Crippen MR) is 71.5 cm³/mol. The maximum atomic E-state index is 13.6. The van der Waals surface area contributed by atoms with E-state index in [1.54, 1.807) is 12.1 Å². The van der Waals surface area contributed by atoms with Crippen molar-refractivity contribution in [2.45, 2.75) is 44.7 Å². The van der Waals surface area contributed by atoms with Crippen molar-refractivity contribution in [3.05, 3.63) is 35.6 Å². The Labute approximate surface area is 113 Å². The second-order valence-corrected chi connectivity index (χ2v) is 5.26. The molecule has 1 unspecified atom stereocenters. The summed E-state index contributed by atoms with van der Waals surface area (Å²) < 4.78 is 13.6. The van der Waals surface area contributed by atoms with Gasteiger partial charge in [0.25, 0.3) is 0 Å². The SMILES string of the molecule is CC(Cc1ccccc1F)N(CCC(=O)O)C1CC1. The molecule has 1 aliphatic rings. The molecular weight excluding hydrogens is 245 g/mol. The average Bonchev–Trinajstić information content (AvgIpc) is 3.16. The second kappa shape index (κ2) is 6.15. The smallest absolute Gasteiger partial charge is 0.304 e. The molecule has 0 aromatic heterocycles. The molecule has 19 heavy (non-hydrogen) atoms. The lowest BCUT2D eigenvalue weighted by molar-refractivity contribution is -0.137. The largest absolute Gasteiger partial charge is 0.481 e. The standard InChI is InChI=1S/C15H20FNO2/c1-11(10-12-4-2-3-5-14(12)16)17(13-6-7-13)9-8-15(18)19/h2-5,11,13H,6-10H2,1H3,(H,18,19). The van der Waals surface area contributed by atoms with Crippen LogP contribution in [0.2, 0.25) is 0 Å². The van der Waals surface area contributed by atoms with Crippen molar-refractivity contribution in [1.29, 1.82) is 0 Å². The molecule has 104 valence electrons. The molecule has 1 N–H and O–H groups in total. The number of aliphatic carboxylic acids is 1. The highest BCUT2D eigenvalue weighted by molar-refractivity contribution is 5.66. The van der Waals surface area contributed by atoms with E-state index in [0.29, 0.717) is 24.6 Å². The summed E-state index contributed by atoms with van der Waals surface area (Å²) in [5, 5.41) is 8.79. The van der Waals surface area contributed by atoms with E-state index in [1.165, 1.54) is 6.07 Å². The first-order chi connectivity index (χ1) is 9.08. The molecule has 0 amide bonds. The summed E-state index contributed by atoms with van der Waals surface area (Å²) in [6.07, 6.45) is 3.03. The predicted octanol–water partition coefficient (Wildman–Crippen LogP) is 2.70. The zero-order valence-corrected chi connectivity index (χ0v) is 11.2. The normalized spacial score (nSPS) is 16.6. The van der Waals surface area contributed by atoms with E-state index >= 15 is 0 Å². The minimum atomic E-state index is -0.774. The number of nitrogens with zero attached hydrogens (tertiary/aromatic N) is 1. The van der Waals surface area contributed by atoms with Crippen molar-refractivity contribution in [3.8, 4) is 0 Å². The van der Waals surface area contributed by atoms with Gasteiger partial charge < -0.3 is 5.11 Å². The lowest BCUT2D eigenvalue weighted by Crippen LogP contribution is -2.38. The molecule has 4 heteroatoms. The van der Waals surface area contributed by atoms with Gasteiger partial charge in [0.1, 0.15) is 5.82 Å². The minimum absolute atomic E-state index is 0.151. The molecule has 0 spiro atoms. The summed E-state index contributed by atoms with van der Waals surface area (Å²) >= 11 is 0. The van der Waals surface area contributed by atoms with Crippen LogP contribution in [0.15, 0.2) is 24.3 Å². The molecule has 0 heterocycles. The quantitative estimate of drug-likeness (QED) is 0.824. The molecule has 2 rings (SSSR count). The molecule has 1 aliphatic carbocycles. The number of hydrogen-bond acceptors (Lipinski definition) is 2. The minimum Gasteiger partial charge on any atom is -0.481 e. The molecule has 3 nitrogen and oxygen atoms in total. The zero-order valence-electron chi connectivity index (χ0n) is 11.2. The van der Waals surface area contributed by atoms with Gasteiger partial charge in [-0.2, -0.15) is 0 Å². The number of carboxylic acids is 1. The Morgan fingerprint density at radius 3 is 2.74 bits per heavy atom. The van der Waals surface area contributed by atoms with Gasteiger partial charge in [-0.25, -0.2) is 4.39 Å². The highest BCUT2D eigenvalue weighted by atomic mass is 19.1. The Kier molecular flexibility index (Phi) is 4.53. The molecule has 0 saturated heterocycles. The van der Waals surface area contributed by atoms with Gasteiger partial charge in [-0.05, 0) is 37.8 Å². The number of benzene rings is 1. The van der Waals surface area contributed by atoms with Crippen LogP contribution in [-0.2, 0) is 11.2 Å². The van der Waals surface area contributed by atoms with Gasteiger partial charge in [-0.15, -0.1) is 0 Å². The molecule has 0 aliphatic heterocycles. The van der Waals surface area contributed by atoms with Crippen molar-refractivity contribution in [3.63, 3.8) is 0 Å². The van der Waals surface area contributed by atoms with Gasteiger partial charge in [0, 0.05) is 18.6 Å². The number of carbonyl (C=O) groups is 1. The Hall–Kier alpha value is -1.42. The highest BCUT2D eigenvalue weighted by Gasteiger charge is 2.32. The molecule has 1 aromatic rings. The Bertz CT molecular complexity index is 446. The van der Waals surface area contributed by atoms with Gasteiger partial charge in [0.2, 0.25) is 0 Å². The Morgan fingerprint density at radius 1 is 1.47 bits per heavy atom. The first-order valence-corrected chi connectivity index (χ1v) is 6.79. The van der Waals surface area contributed by atoms with Crippen LogP contribution in [0, 0.1) is 5.82 Å². The van der Waals surface area contributed by atoms with Gasteiger partial charge in [0.05, 0.1) is 6.42 Å². The van der Waals surface area contributed by atoms with Crippen LogP contribution in [0.1, 0.15) is 31.7 Å². The van der Waals surface area contributed by atoms with Crippen LogP contribution in [0.25, 0.3) is 0 Å². The first-order valence-electron chi connectivity index (χ1n) is 6.79. The maximum Gasteiger partial charge on any atom is 0.304 e. The second-order valence-electron chi connectivity index (χ2n) is 5.26. The van der Waals surface area contributed by atoms with Gasteiger partial charge in [-0.1, -0.05) is 18.2 Å². The third-order valence-corrected chi connectivity index (χ3v) is 3.64. The van der Waals surface area contributed by atoms with Gasteiger partial charge in [0.15, 0.2) is 0 Å². The maximum absolute atomic E-state index is 13.6. The number of carboxylic acid groups (broad SMARTS) is 1. The number of hydrogen-bond donors (Lipinski definition) is 1. The summed E-state index contributed by atoms with van der Waals surface area (Å²) in [5.74, 6) is -0.952. The van der Waals surface area contributed by atoms with Crippen LogP contribution in [0.5, 0.6) is 0 Å². The summed E-state index contributed by atoms with van der Waals surface area (Å²) in [4.78, 5) is 12.9. The molecule has 0 radical (unpaired) electrons. The van der Waals surface area contributed by atoms with Gasteiger partial charge in [-0.3, -0.25) is 9.69 Å². The van der Waals surface area contributed by atoms with E-state index in [4.69, 9.17) is 5.11 Å². The van der Waals surface area contributed by atoms with Crippen molar-refractivity contribution < 1.29 is 14.3 Å². The van der Waals surface area contributed by atoms with E-state index < -0.39 is 5.97 Å². The van der Waals surface area contributed by atoms with Crippen LogP contribution < -0.4 is 0 Å². The molecule has 1 saturated carbocycles. The topological polar surface area (TPSA) is 40.5 Å². The fourth-order valence-corrected chi connectivity index (χ4v) is 2.49. The first kappa shape index (κ1) is 14.0. The monoisotopic (exact) mass is 265 g/mol. The lowest BCUT2D eigenvalue weighted by Gasteiger charge is -2.28. The third-order valence-electron chi connectivity index (χ3n) is 3.64. The lowest BCUT2D eigenvalue weighted by atomic mass is 10.0. The molecular formula is C15H20FNO2. The Morgan fingerprint density at radius 2 is 2.16 bits per heavy atom. The Balaban J connectivity index is 1.97. The van der Waals surface area contributed by atoms with Crippen LogP contribution in [0.3, 0.4) is 0 Å². The van der Waals surface area contributed by atoms with E-state index in [2.05, 4.69) is 4.90 Å². The summed E-state index contributed by atoms with van der Waals surface area (Å²) in [6, 6.07) is 7.45.